The maximum atomic E-state index is 12.1. The normalized spacial score (nSPS) is 27.3. The predicted molar refractivity (Wildman–Crippen MR) is 74.2 cm³/mol. The molecule has 0 spiro atoms. The van der Waals surface area contributed by atoms with Crippen molar-refractivity contribution in [2.24, 2.45) is 11.8 Å². The number of carbonyl (C=O) groups is 1. The van der Waals surface area contributed by atoms with Gasteiger partial charge >= 0.3 is 5.97 Å². The molecule has 1 fully saturated rings. The van der Waals surface area contributed by atoms with E-state index in [-0.39, 0.29) is 11.9 Å². The van der Waals surface area contributed by atoms with Crippen LogP contribution in [-0.2, 0) is 14.3 Å². The lowest BCUT2D eigenvalue weighted by atomic mass is 9.83. The van der Waals surface area contributed by atoms with Crippen LogP contribution in [0, 0.1) is 11.8 Å². The number of rotatable bonds is 4. The van der Waals surface area contributed by atoms with Crippen LogP contribution in [0.15, 0.2) is 23.7 Å². The molecule has 0 aliphatic heterocycles. The van der Waals surface area contributed by atoms with E-state index < -0.39 is 0 Å². The molecule has 106 valence electrons. The summed E-state index contributed by atoms with van der Waals surface area (Å²) in [6.07, 6.45) is 9.63. The molecule has 1 saturated carbocycles. The van der Waals surface area contributed by atoms with Gasteiger partial charge in [-0.3, -0.25) is 4.79 Å². The highest BCUT2D eigenvalue weighted by molar-refractivity contribution is 5.73. The number of carbonyl (C=O) groups excluding carboxylic acids is 1. The van der Waals surface area contributed by atoms with Gasteiger partial charge in [0.2, 0.25) is 0 Å². The molecule has 0 atom stereocenters. The molecule has 2 aliphatic carbocycles. The van der Waals surface area contributed by atoms with Gasteiger partial charge in [0.1, 0.15) is 5.76 Å². The smallest absolute Gasteiger partial charge is 0.314 e. The van der Waals surface area contributed by atoms with Crippen molar-refractivity contribution in [3.63, 3.8) is 0 Å². The lowest BCUT2D eigenvalue weighted by molar-refractivity contribution is -0.145. The van der Waals surface area contributed by atoms with Crippen LogP contribution in [-0.4, -0.2) is 12.6 Å². The average molecular weight is 264 g/mol. The fraction of sp³-hybridized carbons (Fsp3) is 0.688. The Morgan fingerprint density at radius 1 is 1.16 bits per heavy atom. The van der Waals surface area contributed by atoms with E-state index in [0.29, 0.717) is 6.61 Å². The van der Waals surface area contributed by atoms with Gasteiger partial charge < -0.3 is 9.47 Å². The molecule has 0 heterocycles. The first-order valence-electron chi connectivity index (χ1n) is 7.43. The van der Waals surface area contributed by atoms with Gasteiger partial charge in [-0.1, -0.05) is 6.92 Å². The summed E-state index contributed by atoms with van der Waals surface area (Å²) in [6.45, 7) is 4.92. The number of esters is 1. The average Bonchev–Trinajstić information content (AvgIpc) is 2.42. The first-order valence-corrected chi connectivity index (χ1v) is 7.43. The fourth-order valence-electron chi connectivity index (χ4n) is 2.70. The molecule has 0 unspecified atom stereocenters. The van der Waals surface area contributed by atoms with Crippen molar-refractivity contribution in [1.29, 1.82) is 0 Å². The molecule has 0 aromatic carbocycles. The number of hydrogen-bond donors (Lipinski definition) is 0. The van der Waals surface area contributed by atoms with E-state index >= 15 is 0 Å². The van der Waals surface area contributed by atoms with Crippen LogP contribution in [0.4, 0.5) is 0 Å². The Morgan fingerprint density at radius 2 is 1.79 bits per heavy atom. The van der Waals surface area contributed by atoms with Gasteiger partial charge in [0.15, 0.2) is 0 Å². The molecule has 0 radical (unpaired) electrons. The molecule has 0 bridgehead atoms. The zero-order chi connectivity index (χ0) is 13.7. The summed E-state index contributed by atoms with van der Waals surface area (Å²) in [5.41, 5.74) is 0. The molecule has 3 heteroatoms. The van der Waals surface area contributed by atoms with Gasteiger partial charge in [0.05, 0.1) is 18.3 Å². The van der Waals surface area contributed by atoms with Crippen LogP contribution >= 0.6 is 0 Å². The minimum absolute atomic E-state index is 0.0357. The third kappa shape index (κ3) is 4.12. The SMILES string of the molecule is CCOC1=CC=C(OC(=O)C2CCC(C)CC2)CC1. The molecule has 2 rings (SSSR count). The van der Waals surface area contributed by atoms with Gasteiger partial charge in [0.25, 0.3) is 0 Å². The maximum absolute atomic E-state index is 12.1. The second-order valence-electron chi connectivity index (χ2n) is 5.58. The minimum Gasteiger partial charge on any atom is -0.498 e. The van der Waals surface area contributed by atoms with E-state index in [0.717, 1.165) is 56.0 Å². The summed E-state index contributed by atoms with van der Waals surface area (Å²) in [5, 5.41) is 0. The Bertz CT molecular complexity index is 373. The lowest BCUT2D eigenvalue weighted by Gasteiger charge is -2.25. The van der Waals surface area contributed by atoms with Crippen molar-refractivity contribution in [1.82, 2.24) is 0 Å². The van der Waals surface area contributed by atoms with Crippen molar-refractivity contribution in [2.75, 3.05) is 6.61 Å². The van der Waals surface area contributed by atoms with Crippen molar-refractivity contribution in [3.8, 4) is 0 Å². The molecule has 0 aromatic rings. The highest BCUT2D eigenvalue weighted by atomic mass is 16.5. The van der Waals surface area contributed by atoms with Crippen molar-refractivity contribution in [3.05, 3.63) is 23.7 Å². The molecule has 19 heavy (non-hydrogen) atoms. The molecular weight excluding hydrogens is 240 g/mol. The summed E-state index contributed by atoms with van der Waals surface area (Å²) in [7, 11) is 0. The Morgan fingerprint density at radius 3 is 2.37 bits per heavy atom. The van der Waals surface area contributed by atoms with E-state index in [1.807, 2.05) is 19.1 Å². The van der Waals surface area contributed by atoms with E-state index in [1.165, 1.54) is 0 Å². The summed E-state index contributed by atoms with van der Waals surface area (Å²) in [6, 6.07) is 0. The third-order valence-corrected chi connectivity index (χ3v) is 3.98. The first kappa shape index (κ1) is 14.2. The van der Waals surface area contributed by atoms with Crippen LogP contribution in [0.5, 0.6) is 0 Å². The Hall–Kier alpha value is -1.25. The highest BCUT2D eigenvalue weighted by Gasteiger charge is 2.26. The van der Waals surface area contributed by atoms with E-state index in [1.54, 1.807) is 0 Å². The maximum Gasteiger partial charge on any atom is 0.314 e. The fourth-order valence-corrected chi connectivity index (χ4v) is 2.70. The van der Waals surface area contributed by atoms with Crippen LogP contribution in [0.1, 0.15) is 52.4 Å². The van der Waals surface area contributed by atoms with Crippen molar-refractivity contribution < 1.29 is 14.3 Å². The molecule has 0 aromatic heterocycles. The topological polar surface area (TPSA) is 35.5 Å². The quantitative estimate of drug-likeness (QED) is 0.721. The summed E-state index contributed by atoms with van der Waals surface area (Å²) >= 11 is 0. The lowest BCUT2D eigenvalue weighted by Crippen LogP contribution is -2.23. The minimum atomic E-state index is -0.0357. The second-order valence-corrected chi connectivity index (χ2v) is 5.58. The number of allylic oxidation sites excluding steroid dienone is 4. The van der Waals surface area contributed by atoms with E-state index in [2.05, 4.69) is 6.92 Å². The van der Waals surface area contributed by atoms with Crippen LogP contribution < -0.4 is 0 Å². The molecule has 3 nitrogen and oxygen atoms in total. The Labute approximate surface area is 115 Å². The summed E-state index contributed by atoms with van der Waals surface area (Å²) in [4.78, 5) is 12.1. The molecular formula is C16H24O3. The monoisotopic (exact) mass is 264 g/mol. The first-order chi connectivity index (χ1) is 9.19. The second kappa shape index (κ2) is 6.78. The van der Waals surface area contributed by atoms with Crippen molar-refractivity contribution in [2.45, 2.75) is 52.4 Å². The molecule has 0 amide bonds. The molecule has 2 aliphatic rings. The Balaban J connectivity index is 1.83. The third-order valence-electron chi connectivity index (χ3n) is 3.98. The van der Waals surface area contributed by atoms with E-state index in [9.17, 15) is 4.79 Å². The predicted octanol–water partition coefficient (Wildman–Crippen LogP) is 3.95. The van der Waals surface area contributed by atoms with Gasteiger partial charge in [-0.2, -0.15) is 0 Å². The Kier molecular flexibility index (Phi) is 5.06. The number of hydrogen-bond acceptors (Lipinski definition) is 3. The van der Waals surface area contributed by atoms with Crippen LogP contribution in [0.3, 0.4) is 0 Å². The van der Waals surface area contributed by atoms with Gasteiger partial charge in [-0.05, 0) is 50.7 Å². The van der Waals surface area contributed by atoms with Crippen LogP contribution in [0.25, 0.3) is 0 Å². The standard InChI is InChI=1S/C16H24O3/c1-3-18-14-8-10-15(11-9-14)19-16(17)13-6-4-12(2)5-7-13/h8,10,12-13H,3-7,9,11H2,1-2H3. The summed E-state index contributed by atoms with van der Waals surface area (Å²) < 4.78 is 11.0. The summed E-state index contributed by atoms with van der Waals surface area (Å²) in [5.74, 6) is 2.59. The molecule has 0 saturated heterocycles. The zero-order valence-corrected chi connectivity index (χ0v) is 12.0. The van der Waals surface area contributed by atoms with Gasteiger partial charge in [-0.15, -0.1) is 0 Å². The van der Waals surface area contributed by atoms with Gasteiger partial charge in [-0.25, -0.2) is 0 Å². The largest absolute Gasteiger partial charge is 0.498 e. The molecule has 0 N–H and O–H groups in total. The van der Waals surface area contributed by atoms with Crippen molar-refractivity contribution >= 4 is 5.97 Å². The zero-order valence-electron chi connectivity index (χ0n) is 12.0. The van der Waals surface area contributed by atoms with Gasteiger partial charge in [0, 0.05) is 12.8 Å². The van der Waals surface area contributed by atoms with Crippen LogP contribution in [0.2, 0.25) is 0 Å². The van der Waals surface area contributed by atoms with E-state index in [4.69, 9.17) is 9.47 Å². The highest BCUT2D eigenvalue weighted by Crippen LogP contribution is 2.30. The number of ether oxygens (including phenoxy) is 2.